The number of rotatable bonds is 9. The van der Waals surface area contributed by atoms with E-state index in [9.17, 15) is 5.11 Å². The molecule has 0 radical (unpaired) electrons. The molecule has 0 aliphatic heterocycles. The van der Waals surface area contributed by atoms with E-state index >= 15 is 0 Å². The number of nitrogens with one attached hydrogen (secondary N) is 2. The Morgan fingerprint density at radius 2 is 1.89 bits per heavy atom. The maximum absolute atomic E-state index is 9.41. The van der Waals surface area contributed by atoms with Gasteiger partial charge in [-0.15, -0.1) is 0 Å². The van der Waals surface area contributed by atoms with Gasteiger partial charge in [0, 0.05) is 22.7 Å². The fraction of sp³-hybridized carbons (Fsp3) is 0.389. The standard InChI is InChI=1S/C18H24BrN7O2/c1-12(2)25-11-20-15-16(22-14-5-3-13(19)4-6-14)23-18(24-17(15)25)26(8-10-28)21-7-9-27/h3-6,11-12,21,27-28H,7-10H2,1-2H3,(H,22,23,24). The topological polar surface area (TPSA) is 111 Å². The van der Waals surface area contributed by atoms with Gasteiger partial charge in [0.25, 0.3) is 0 Å². The summed E-state index contributed by atoms with van der Waals surface area (Å²) in [6, 6.07) is 7.92. The maximum atomic E-state index is 9.41. The first-order chi connectivity index (χ1) is 13.5. The molecule has 28 heavy (non-hydrogen) atoms. The van der Waals surface area contributed by atoms with Crippen LogP contribution in [0.1, 0.15) is 19.9 Å². The van der Waals surface area contributed by atoms with Gasteiger partial charge < -0.3 is 20.1 Å². The summed E-state index contributed by atoms with van der Waals surface area (Å²) in [5, 5.41) is 23.5. The predicted octanol–water partition coefficient (Wildman–Crippen LogP) is 2.21. The molecule has 0 saturated heterocycles. The Kier molecular flexibility index (Phi) is 6.79. The average molecular weight is 450 g/mol. The fourth-order valence-electron chi connectivity index (χ4n) is 2.70. The third-order valence-electron chi connectivity index (χ3n) is 4.05. The van der Waals surface area contributed by atoms with Crippen molar-refractivity contribution in [2.24, 2.45) is 0 Å². The van der Waals surface area contributed by atoms with E-state index < -0.39 is 0 Å². The normalized spacial score (nSPS) is 11.4. The van der Waals surface area contributed by atoms with Gasteiger partial charge in [-0.05, 0) is 38.1 Å². The molecule has 2 aromatic heterocycles. The van der Waals surface area contributed by atoms with E-state index in [1.54, 1.807) is 11.3 Å². The molecule has 2 heterocycles. The number of benzene rings is 1. The van der Waals surface area contributed by atoms with Gasteiger partial charge in [0.1, 0.15) is 0 Å². The number of aromatic nitrogens is 4. The van der Waals surface area contributed by atoms with Crippen LogP contribution in [0.4, 0.5) is 17.5 Å². The van der Waals surface area contributed by atoms with Crippen LogP contribution in [-0.2, 0) is 0 Å². The number of nitrogens with zero attached hydrogens (tertiary/aromatic N) is 5. The highest BCUT2D eigenvalue weighted by atomic mass is 79.9. The molecular formula is C18H24BrN7O2. The first kappa shape index (κ1) is 20.5. The minimum Gasteiger partial charge on any atom is -0.395 e. The molecule has 1 aromatic carbocycles. The molecule has 9 nitrogen and oxygen atoms in total. The number of imidazole rings is 1. The summed E-state index contributed by atoms with van der Waals surface area (Å²) in [5.74, 6) is 0.951. The first-order valence-electron chi connectivity index (χ1n) is 9.03. The smallest absolute Gasteiger partial charge is 0.244 e. The van der Waals surface area contributed by atoms with Crippen molar-refractivity contribution in [2.45, 2.75) is 19.9 Å². The Morgan fingerprint density at radius 1 is 1.14 bits per heavy atom. The second-order valence-electron chi connectivity index (χ2n) is 6.43. The monoisotopic (exact) mass is 449 g/mol. The largest absolute Gasteiger partial charge is 0.395 e. The van der Waals surface area contributed by atoms with Crippen molar-refractivity contribution in [1.82, 2.24) is 24.9 Å². The van der Waals surface area contributed by atoms with Crippen molar-refractivity contribution >= 4 is 44.5 Å². The molecular weight excluding hydrogens is 426 g/mol. The van der Waals surface area contributed by atoms with Crippen molar-refractivity contribution in [2.75, 3.05) is 36.6 Å². The summed E-state index contributed by atoms with van der Waals surface area (Å²) in [6.07, 6.45) is 1.75. The van der Waals surface area contributed by atoms with Gasteiger partial charge in [-0.1, -0.05) is 15.9 Å². The van der Waals surface area contributed by atoms with E-state index in [-0.39, 0.29) is 25.8 Å². The number of halogens is 1. The van der Waals surface area contributed by atoms with Crippen molar-refractivity contribution in [3.63, 3.8) is 0 Å². The average Bonchev–Trinajstić information content (AvgIpc) is 3.11. The summed E-state index contributed by atoms with van der Waals surface area (Å²) >= 11 is 3.43. The van der Waals surface area contributed by atoms with E-state index in [0.717, 1.165) is 10.2 Å². The van der Waals surface area contributed by atoms with E-state index in [0.29, 0.717) is 29.5 Å². The molecule has 0 spiro atoms. The fourth-order valence-corrected chi connectivity index (χ4v) is 2.96. The molecule has 4 N–H and O–H groups in total. The summed E-state index contributed by atoms with van der Waals surface area (Å²) in [7, 11) is 0. The van der Waals surface area contributed by atoms with Gasteiger partial charge in [0.15, 0.2) is 17.0 Å². The zero-order chi connectivity index (χ0) is 20.1. The van der Waals surface area contributed by atoms with E-state index in [4.69, 9.17) is 5.11 Å². The van der Waals surface area contributed by atoms with Crippen LogP contribution >= 0.6 is 15.9 Å². The Balaban J connectivity index is 2.07. The van der Waals surface area contributed by atoms with E-state index in [1.165, 1.54) is 0 Å². The molecule has 0 unspecified atom stereocenters. The lowest BCUT2D eigenvalue weighted by Gasteiger charge is -2.23. The molecule has 0 saturated carbocycles. The zero-order valence-corrected chi connectivity index (χ0v) is 17.4. The highest BCUT2D eigenvalue weighted by molar-refractivity contribution is 9.10. The SMILES string of the molecule is CC(C)n1cnc2c(Nc3ccc(Br)cc3)nc(N(CCO)NCCO)nc21. The molecule has 150 valence electrons. The molecule has 0 aliphatic carbocycles. The van der Waals surface area contributed by atoms with Crippen molar-refractivity contribution < 1.29 is 10.2 Å². The molecule has 0 bridgehead atoms. The molecule has 0 fully saturated rings. The van der Waals surface area contributed by atoms with Gasteiger partial charge in [-0.3, -0.25) is 5.01 Å². The highest BCUT2D eigenvalue weighted by Crippen LogP contribution is 2.27. The Hall–Kier alpha value is -2.27. The molecule has 0 amide bonds. The van der Waals surface area contributed by atoms with Gasteiger partial charge >= 0.3 is 0 Å². The van der Waals surface area contributed by atoms with Crippen LogP contribution in [0.2, 0.25) is 0 Å². The number of aliphatic hydroxyl groups is 2. The Morgan fingerprint density at radius 3 is 2.54 bits per heavy atom. The molecule has 3 aromatic rings. The molecule has 0 atom stereocenters. The van der Waals surface area contributed by atoms with Gasteiger partial charge in [-0.25, -0.2) is 10.4 Å². The van der Waals surface area contributed by atoms with Crippen molar-refractivity contribution in [3.8, 4) is 0 Å². The van der Waals surface area contributed by atoms with Crippen LogP contribution in [0, 0.1) is 0 Å². The first-order valence-corrected chi connectivity index (χ1v) is 9.82. The van der Waals surface area contributed by atoms with Crippen LogP contribution in [0.25, 0.3) is 11.2 Å². The number of aliphatic hydroxyl groups excluding tert-OH is 2. The van der Waals surface area contributed by atoms with Gasteiger partial charge in [0.05, 0.1) is 26.1 Å². The summed E-state index contributed by atoms with van der Waals surface area (Å²) in [6.45, 7) is 4.58. The number of hydrogen-bond donors (Lipinski definition) is 4. The lowest BCUT2D eigenvalue weighted by atomic mass is 10.3. The van der Waals surface area contributed by atoms with Gasteiger partial charge in [0.2, 0.25) is 5.95 Å². The number of hydrazine groups is 1. The minimum atomic E-state index is -0.0846. The highest BCUT2D eigenvalue weighted by Gasteiger charge is 2.18. The second kappa shape index (κ2) is 9.28. The quantitative estimate of drug-likeness (QED) is 0.368. The van der Waals surface area contributed by atoms with Crippen molar-refractivity contribution in [1.29, 1.82) is 0 Å². The summed E-state index contributed by atoms with van der Waals surface area (Å²) in [4.78, 5) is 13.8. The summed E-state index contributed by atoms with van der Waals surface area (Å²) < 4.78 is 2.95. The molecule has 0 aliphatic rings. The van der Waals surface area contributed by atoms with E-state index in [2.05, 4.69) is 55.5 Å². The lowest BCUT2D eigenvalue weighted by Crippen LogP contribution is -2.42. The van der Waals surface area contributed by atoms with E-state index in [1.807, 2.05) is 28.8 Å². The summed E-state index contributed by atoms with van der Waals surface area (Å²) in [5.41, 5.74) is 5.24. The predicted molar refractivity (Wildman–Crippen MR) is 113 cm³/mol. The third-order valence-corrected chi connectivity index (χ3v) is 4.58. The second-order valence-corrected chi connectivity index (χ2v) is 7.34. The third kappa shape index (κ3) is 4.58. The van der Waals surface area contributed by atoms with Crippen LogP contribution in [0.3, 0.4) is 0 Å². The zero-order valence-electron chi connectivity index (χ0n) is 15.8. The van der Waals surface area contributed by atoms with Crippen molar-refractivity contribution in [3.05, 3.63) is 35.1 Å². The van der Waals surface area contributed by atoms with Crippen LogP contribution in [-0.4, -0.2) is 56.0 Å². The Labute approximate surface area is 171 Å². The lowest BCUT2D eigenvalue weighted by molar-refractivity contribution is 0.275. The van der Waals surface area contributed by atoms with Crippen LogP contribution < -0.4 is 15.8 Å². The number of hydrogen-bond acceptors (Lipinski definition) is 8. The van der Waals surface area contributed by atoms with Crippen LogP contribution in [0.15, 0.2) is 35.1 Å². The number of fused-ring (bicyclic) bond motifs is 1. The number of anilines is 3. The molecule has 3 rings (SSSR count). The Bertz CT molecular complexity index is 914. The van der Waals surface area contributed by atoms with Crippen LogP contribution in [0.5, 0.6) is 0 Å². The van der Waals surface area contributed by atoms with Gasteiger partial charge in [-0.2, -0.15) is 9.97 Å². The molecule has 10 heteroatoms. The minimum absolute atomic E-state index is 0.0436. The maximum Gasteiger partial charge on any atom is 0.244 e.